The number of aliphatic hydroxyl groups is 1. The molecule has 5 heteroatoms. The lowest BCUT2D eigenvalue weighted by atomic mass is 10.2. The Morgan fingerprint density at radius 1 is 1.59 bits per heavy atom. The average molecular weight is 263 g/mol. The van der Waals surface area contributed by atoms with Crippen molar-refractivity contribution in [2.45, 2.75) is 31.5 Å². The minimum atomic E-state index is -0.411. The van der Waals surface area contributed by atoms with Gasteiger partial charge in [-0.3, -0.25) is 0 Å². The molecule has 0 radical (unpaired) electrons. The molecule has 102 valence electrons. The molecule has 1 aliphatic heterocycles. The molecule has 1 saturated heterocycles. The number of thioether (sulfide) groups is 1. The van der Waals surface area contributed by atoms with Crippen molar-refractivity contribution < 1.29 is 14.6 Å². The van der Waals surface area contributed by atoms with Gasteiger partial charge in [0.15, 0.2) is 0 Å². The molecule has 0 aromatic carbocycles. The first kappa shape index (κ1) is 15.2. The molecule has 2 N–H and O–H groups in total. The van der Waals surface area contributed by atoms with Gasteiger partial charge in [-0.1, -0.05) is 0 Å². The van der Waals surface area contributed by atoms with Crippen LogP contribution in [0.5, 0.6) is 0 Å². The van der Waals surface area contributed by atoms with Crippen LogP contribution < -0.4 is 5.32 Å². The van der Waals surface area contributed by atoms with Gasteiger partial charge in [0.05, 0.1) is 25.4 Å². The smallest absolute Gasteiger partial charge is 0.0897 e. The second-order valence-corrected chi connectivity index (χ2v) is 5.36. The third kappa shape index (κ3) is 8.00. The van der Waals surface area contributed by atoms with Crippen molar-refractivity contribution in [3.8, 4) is 0 Å². The quantitative estimate of drug-likeness (QED) is 0.573. The predicted octanol–water partition coefficient (Wildman–Crippen LogP) is 0.886. The molecule has 4 nitrogen and oxygen atoms in total. The average Bonchev–Trinajstić information content (AvgIpc) is 2.82. The molecule has 0 bridgehead atoms. The van der Waals surface area contributed by atoms with Crippen LogP contribution in [-0.2, 0) is 9.47 Å². The fourth-order valence-corrected chi connectivity index (χ4v) is 2.21. The zero-order valence-electron chi connectivity index (χ0n) is 10.7. The molecule has 1 aliphatic rings. The highest BCUT2D eigenvalue weighted by atomic mass is 32.2. The molecular weight excluding hydrogens is 238 g/mol. The molecule has 0 saturated carbocycles. The topological polar surface area (TPSA) is 50.7 Å². The highest BCUT2D eigenvalue weighted by Crippen LogP contribution is 2.11. The molecule has 0 amide bonds. The Labute approximate surface area is 108 Å². The summed E-state index contributed by atoms with van der Waals surface area (Å²) in [6, 6.07) is 0. The summed E-state index contributed by atoms with van der Waals surface area (Å²) in [6.45, 7) is 3.44. The van der Waals surface area contributed by atoms with Gasteiger partial charge in [-0.05, 0) is 37.8 Å². The number of aliphatic hydroxyl groups excluding tert-OH is 1. The molecule has 0 aromatic rings. The Balaban J connectivity index is 1.84. The van der Waals surface area contributed by atoms with E-state index in [2.05, 4.69) is 11.6 Å². The summed E-state index contributed by atoms with van der Waals surface area (Å²) in [6.07, 6.45) is 5.30. The summed E-state index contributed by atoms with van der Waals surface area (Å²) in [4.78, 5) is 0. The predicted molar refractivity (Wildman–Crippen MR) is 71.7 cm³/mol. The van der Waals surface area contributed by atoms with Crippen LogP contribution in [-0.4, -0.2) is 62.2 Å². The maximum Gasteiger partial charge on any atom is 0.0897 e. The zero-order chi connectivity index (χ0) is 12.3. The monoisotopic (exact) mass is 263 g/mol. The highest BCUT2D eigenvalue weighted by molar-refractivity contribution is 7.98. The summed E-state index contributed by atoms with van der Waals surface area (Å²) in [5, 5.41) is 12.9. The van der Waals surface area contributed by atoms with E-state index in [9.17, 15) is 5.11 Å². The number of rotatable bonds is 10. The lowest BCUT2D eigenvalue weighted by Crippen LogP contribution is -2.32. The molecule has 2 unspecified atom stereocenters. The molecule has 1 heterocycles. The minimum Gasteiger partial charge on any atom is -0.389 e. The summed E-state index contributed by atoms with van der Waals surface area (Å²) in [5.74, 6) is 1.17. The van der Waals surface area contributed by atoms with Crippen LogP contribution in [0.3, 0.4) is 0 Å². The second-order valence-electron chi connectivity index (χ2n) is 4.38. The van der Waals surface area contributed by atoms with E-state index in [4.69, 9.17) is 9.47 Å². The fraction of sp³-hybridized carbons (Fsp3) is 1.00. The summed E-state index contributed by atoms with van der Waals surface area (Å²) < 4.78 is 10.9. The van der Waals surface area contributed by atoms with E-state index in [0.717, 1.165) is 32.4 Å². The van der Waals surface area contributed by atoms with Gasteiger partial charge >= 0.3 is 0 Å². The Kier molecular flexibility index (Phi) is 9.10. The van der Waals surface area contributed by atoms with Crippen molar-refractivity contribution in [1.29, 1.82) is 0 Å². The highest BCUT2D eigenvalue weighted by Gasteiger charge is 2.15. The van der Waals surface area contributed by atoms with E-state index >= 15 is 0 Å². The minimum absolute atomic E-state index is 0.247. The Morgan fingerprint density at radius 2 is 2.47 bits per heavy atom. The molecule has 0 aromatic heterocycles. The van der Waals surface area contributed by atoms with Crippen LogP contribution in [0.15, 0.2) is 0 Å². The maximum absolute atomic E-state index is 9.65. The van der Waals surface area contributed by atoms with Crippen LogP contribution in [0.1, 0.15) is 19.3 Å². The van der Waals surface area contributed by atoms with Crippen LogP contribution in [0.25, 0.3) is 0 Å². The van der Waals surface area contributed by atoms with Crippen molar-refractivity contribution in [1.82, 2.24) is 5.32 Å². The lowest BCUT2D eigenvalue weighted by molar-refractivity contribution is -0.0163. The number of ether oxygens (including phenoxy) is 2. The van der Waals surface area contributed by atoms with Crippen LogP contribution >= 0.6 is 11.8 Å². The first-order chi connectivity index (χ1) is 8.33. The van der Waals surface area contributed by atoms with Gasteiger partial charge < -0.3 is 19.9 Å². The second kappa shape index (κ2) is 10.1. The van der Waals surface area contributed by atoms with Gasteiger partial charge in [0.2, 0.25) is 0 Å². The maximum atomic E-state index is 9.65. The SMILES string of the molecule is CSCCCNCC(O)COCC1CCCO1. The van der Waals surface area contributed by atoms with E-state index in [1.54, 1.807) is 0 Å². The molecular formula is C12H25NO3S. The van der Waals surface area contributed by atoms with Crippen LogP contribution in [0, 0.1) is 0 Å². The standard InChI is InChI=1S/C12H25NO3S/c1-17-7-3-5-13-8-11(14)9-15-10-12-4-2-6-16-12/h11-14H,2-10H2,1H3. The Bertz CT molecular complexity index is 177. The van der Waals surface area contributed by atoms with E-state index in [0.29, 0.717) is 19.8 Å². The Morgan fingerprint density at radius 3 is 3.18 bits per heavy atom. The number of nitrogens with one attached hydrogen (secondary N) is 1. The van der Waals surface area contributed by atoms with E-state index in [1.807, 2.05) is 11.8 Å². The first-order valence-corrected chi connectivity index (χ1v) is 7.79. The molecule has 0 spiro atoms. The van der Waals surface area contributed by atoms with Crippen molar-refractivity contribution in [2.75, 3.05) is 44.9 Å². The molecule has 1 fully saturated rings. The van der Waals surface area contributed by atoms with Gasteiger partial charge in [-0.25, -0.2) is 0 Å². The van der Waals surface area contributed by atoms with Gasteiger partial charge in [-0.15, -0.1) is 0 Å². The van der Waals surface area contributed by atoms with Crippen molar-refractivity contribution in [3.63, 3.8) is 0 Å². The Hall–Kier alpha value is 0.190. The fourth-order valence-electron chi connectivity index (χ4n) is 1.78. The summed E-state index contributed by atoms with van der Waals surface area (Å²) >= 11 is 1.85. The molecule has 1 rings (SSSR count). The molecule has 17 heavy (non-hydrogen) atoms. The van der Waals surface area contributed by atoms with Crippen LogP contribution in [0.2, 0.25) is 0 Å². The normalized spacial score (nSPS) is 21.9. The zero-order valence-corrected chi connectivity index (χ0v) is 11.5. The van der Waals surface area contributed by atoms with Crippen molar-refractivity contribution in [3.05, 3.63) is 0 Å². The number of hydrogen-bond acceptors (Lipinski definition) is 5. The largest absolute Gasteiger partial charge is 0.389 e. The van der Waals surface area contributed by atoms with Gasteiger partial charge in [-0.2, -0.15) is 11.8 Å². The summed E-state index contributed by atoms with van der Waals surface area (Å²) in [5.41, 5.74) is 0. The third-order valence-corrected chi connectivity index (χ3v) is 3.42. The van der Waals surface area contributed by atoms with E-state index in [1.165, 1.54) is 5.75 Å². The van der Waals surface area contributed by atoms with E-state index < -0.39 is 6.10 Å². The first-order valence-electron chi connectivity index (χ1n) is 6.40. The van der Waals surface area contributed by atoms with Crippen LogP contribution in [0.4, 0.5) is 0 Å². The van der Waals surface area contributed by atoms with Gasteiger partial charge in [0.1, 0.15) is 0 Å². The number of hydrogen-bond donors (Lipinski definition) is 2. The third-order valence-electron chi connectivity index (χ3n) is 2.72. The van der Waals surface area contributed by atoms with Crippen molar-refractivity contribution in [2.24, 2.45) is 0 Å². The van der Waals surface area contributed by atoms with E-state index in [-0.39, 0.29) is 6.10 Å². The van der Waals surface area contributed by atoms with Crippen molar-refractivity contribution >= 4 is 11.8 Å². The van der Waals surface area contributed by atoms with Gasteiger partial charge in [0.25, 0.3) is 0 Å². The van der Waals surface area contributed by atoms with Gasteiger partial charge in [0, 0.05) is 13.2 Å². The molecule has 0 aliphatic carbocycles. The lowest BCUT2D eigenvalue weighted by Gasteiger charge is -2.14. The summed E-state index contributed by atoms with van der Waals surface area (Å²) in [7, 11) is 0. The molecule has 2 atom stereocenters.